The second-order valence-electron chi connectivity index (χ2n) is 28.3. The number of fused-ring (bicyclic) bond motifs is 6. The Labute approximate surface area is 692 Å². The van der Waals surface area contributed by atoms with Gasteiger partial charge in [0.05, 0.1) is 5.69 Å². The van der Waals surface area contributed by atoms with Crippen LogP contribution in [0.2, 0.25) is 0 Å². The van der Waals surface area contributed by atoms with Gasteiger partial charge in [-0.3, -0.25) is 0 Å². The summed E-state index contributed by atoms with van der Waals surface area (Å²) in [5, 5.41) is 10.6. The average Bonchev–Trinajstić information content (AvgIpc) is 0.746. The second kappa shape index (κ2) is 33.6. The molecule has 0 saturated heterocycles. The Morgan fingerprint density at radius 3 is 0.940 bits per heavy atom. The van der Waals surface area contributed by atoms with E-state index in [2.05, 4.69) is 364 Å². The fourth-order valence-electron chi connectivity index (χ4n) is 15.4. The summed E-state index contributed by atoms with van der Waals surface area (Å²) in [4.78, 5) is 2.35. The van der Waals surface area contributed by atoms with Crippen LogP contribution in [-0.4, -0.2) is 0 Å². The Balaban J connectivity index is 0.000000109. The van der Waals surface area contributed by atoms with Crippen LogP contribution in [0, 0.1) is 0 Å². The van der Waals surface area contributed by atoms with E-state index in [1.165, 1.54) is 83.1 Å². The van der Waals surface area contributed by atoms with Gasteiger partial charge in [-0.25, -0.2) is 0 Å². The van der Waals surface area contributed by atoms with Crippen molar-refractivity contribution in [1.82, 2.24) is 0 Å². The van der Waals surface area contributed by atoms with Gasteiger partial charge in [0.2, 0.25) is 0 Å². The van der Waals surface area contributed by atoms with Gasteiger partial charge < -0.3 is 30.2 Å². The van der Waals surface area contributed by atoms with E-state index in [1.54, 1.807) is 0 Å². The zero-order valence-electron chi connectivity index (χ0n) is 63.1. The van der Waals surface area contributed by atoms with Gasteiger partial charge in [0, 0.05) is 86.4 Å². The van der Waals surface area contributed by atoms with Crippen LogP contribution in [-0.2, 0) is 0 Å². The SMILES string of the molecule is Brc1ccc(-c2ccccc2)cc1.Brc1ccc2c3c(cccc13)Oc1ccccc1-2.Nc1ccc(-c2ccccc2)cc1.c1ccc(-c2ccc(N(c3ccc(-c4ccccc4)cc3)c3ccc4c5c(cccc35)Oc3ccccc3-4)cc2)cc1.c1ccc(-c2ccc(Nc3ccc4c5c(cccc35)Oc3ccccc3-4)cc2)cc1. The van der Waals surface area contributed by atoms with Crippen LogP contribution in [0.3, 0.4) is 0 Å². The van der Waals surface area contributed by atoms with E-state index in [0.717, 1.165) is 116 Å². The molecule has 0 saturated carbocycles. The van der Waals surface area contributed by atoms with Crippen LogP contribution in [0.15, 0.2) is 446 Å². The predicted octanol–water partition coefficient (Wildman–Crippen LogP) is 31.9. The third-order valence-electron chi connectivity index (χ3n) is 21.1. The van der Waals surface area contributed by atoms with E-state index in [-0.39, 0.29) is 0 Å². The first kappa shape index (κ1) is 73.2. The summed E-state index contributed by atoms with van der Waals surface area (Å²) in [5.41, 5.74) is 31.1. The summed E-state index contributed by atoms with van der Waals surface area (Å²) in [6, 6.07) is 151. The molecule has 3 aliphatic rings. The molecule has 22 rings (SSSR count). The molecule has 0 aliphatic carbocycles. The number of nitrogens with zero attached hydrogens (tertiary/aromatic N) is 1. The van der Waals surface area contributed by atoms with Gasteiger partial charge in [0.25, 0.3) is 0 Å². The van der Waals surface area contributed by atoms with Gasteiger partial charge in [-0.2, -0.15) is 0 Å². The molecule has 116 heavy (non-hydrogen) atoms. The van der Waals surface area contributed by atoms with E-state index in [0.29, 0.717) is 0 Å². The molecule has 0 atom stereocenters. The largest absolute Gasteiger partial charge is 0.456 e. The number of benzene rings is 19. The van der Waals surface area contributed by atoms with Crippen LogP contribution in [0.1, 0.15) is 0 Å². The van der Waals surface area contributed by atoms with Crippen molar-refractivity contribution in [2.45, 2.75) is 0 Å². The molecule has 3 aliphatic heterocycles. The van der Waals surface area contributed by atoms with Crippen molar-refractivity contribution in [3.63, 3.8) is 0 Å². The van der Waals surface area contributed by atoms with Gasteiger partial charge in [0.1, 0.15) is 34.5 Å². The molecule has 19 aromatic carbocycles. The highest BCUT2D eigenvalue weighted by Gasteiger charge is 2.26. The van der Waals surface area contributed by atoms with E-state index in [4.69, 9.17) is 19.9 Å². The summed E-state index contributed by atoms with van der Waals surface area (Å²) in [6.07, 6.45) is 0. The first-order valence-corrected chi connectivity index (χ1v) is 40.3. The second-order valence-corrected chi connectivity index (χ2v) is 30.1. The van der Waals surface area contributed by atoms with Crippen molar-refractivity contribution < 1.29 is 14.2 Å². The van der Waals surface area contributed by atoms with E-state index < -0.39 is 0 Å². The molecule has 0 radical (unpaired) electrons. The number of ether oxygens (including phenoxy) is 3. The maximum absolute atomic E-state index is 6.41. The number of nitrogens with two attached hydrogens (primary N) is 1. The lowest BCUT2D eigenvalue weighted by molar-refractivity contribution is 0.487. The molecule has 0 unspecified atom stereocenters. The Morgan fingerprint density at radius 1 is 0.224 bits per heavy atom. The van der Waals surface area contributed by atoms with E-state index in [9.17, 15) is 0 Å². The Hall–Kier alpha value is -14.3. The van der Waals surface area contributed by atoms with Crippen molar-refractivity contribution in [3.8, 4) is 124 Å². The molecule has 0 amide bonds. The molecule has 0 bridgehead atoms. The summed E-state index contributed by atoms with van der Waals surface area (Å²) in [5.74, 6) is 5.47. The molecule has 8 heteroatoms. The van der Waals surface area contributed by atoms with Gasteiger partial charge >= 0.3 is 0 Å². The topological polar surface area (TPSA) is 69.0 Å². The molecule has 0 fully saturated rings. The molecule has 0 spiro atoms. The highest BCUT2D eigenvalue weighted by molar-refractivity contribution is 9.11. The number of nitrogens with one attached hydrogen (secondary N) is 1. The summed E-state index contributed by atoms with van der Waals surface area (Å²) >= 11 is 7.02. The van der Waals surface area contributed by atoms with Crippen molar-refractivity contribution in [3.05, 3.63) is 446 Å². The minimum absolute atomic E-state index is 0.805. The van der Waals surface area contributed by atoms with Crippen LogP contribution >= 0.6 is 31.9 Å². The predicted molar refractivity (Wildman–Crippen MR) is 493 cm³/mol. The van der Waals surface area contributed by atoms with Gasteiger partial charge in [0.15, 0.2) is 0 Å². The summed E-state index contributed by atoms with van der Waals surface area (Å²) < 4.78 is 20.8. The van der Waals surface area contributed by atoms with E-state index >= 15 is 0 Å². The number of halogens is 2. The average molecular weight is 1620 g/mol. The number of nitrogen functional groups attached to an aromatic ring is 1. The number of anilines is 6. The lowest BCUT2D eigenvalue weighted by Gasteiger charge is -2.29. The standard InChI is InChI=1S/C40H27NO.C28H19NO.C16H9BrO.C12H9Br.C12H11N/c1-3-10-28(11-4-1)30-18-22-32(23-19-30)41(33-24-20-31(21-25-33)29-12-5-2-6-13-29)37-27-26-35-34-14-7-8-16-38(34)42-39-17-9-15-36(37)40(35)39;1-2-7-19(8-3-1)20-13-15-21(16-14-20)29-25-18-17-23-22-9-4-5-11-26(22)30-27-12-6-10-24(25)28(23)27;17-13-9-8-11-10-4-1-2-6-14(10)18-15-7-3-5-12(13)16(11)15;2*13-12-8-6-11(7-9-12)10-4-2-1-3-5-10/h1-27H;1-18,29H;1-9H;1-9H;1-9H,13H2. The highest BCUT2D eigenvalue weighted by atomic mass is 79.9. The molecule has 19 aromatic rings. The van der Waals surface area contributed by atoms with Crippen molar-refractivity contribution in [2.75, 3.05) is 16.0 Å². The van der Waals surface area contributed by atoms with Crippen LogP contribution in [0.4, 0.5) is 34.1 Å². The van der Waals surface area contributed by atoms with Crippen molar-refractivity contribution >= 4 is 98.3 Å². The van der Waals surface area contributed by atoms with Gasteiger partial charge in [-0.05, 0) is 188 Å². The normalized spacial score (nSPS) is 11.3. The molecular formula is C108H75Br2N3O3. The van der Waals surface area contributed by atoms with Crippen molar-refractivity contribution in [2.24, 2.45) is 0 Å². The Morgan fingerprint density at radius 2 is 0.526 bits per heavy atom. The Kier molecular flexibility index (Phi) is 21.2. The first-order chi connectivity index (χ1) is 57.3. The maximum Gasteiger partial charge on any atom is 0.135 e. The molecule has 0 aromatic heterocycles. The minimum atomic E-state index is 0.805. The number of rotatable bonds is 10. The molecule has 3 heterocycles. The summed E-state index contributed by atoms with van der Waals surface area (Å²) in [6.45, 7) is 0. The van der Waals surface area contributed by atoms with Gasteiger partial charge in [-0.15, -0.1) is 0 Å². The van der Waals surface area contributed by atoms with Crippen LogP contribution in [0.25, 0.3) is 121 Å². The fourth-order valence-corrected chi connectivity index (χ4v) is 16.1. The number of para-hydroxylation sites is 3. The van der Waals surface area contributed by atoms with Crippen LogP contribution < -0.4 is 30.2 Å². The maximum atomic E-state index is 6.41. The monoisotopic (exact) mass is 1620 g/mol. The fraction of sp³-hybridized carbons (Fsp3) is 0. The van der Waals surface area contributed by atoms with E-state index in [1.807, 2.05) is 115 Å². The minimum Gasteiger partial charge on any atom is -0.456 e. The molecular weight excluding hydrogens is 1550 g/mol. The quantitative estimate of drug-likeness (QED) is 0.133. The zero-order chi connectivity index (χ0) is 78.1. The highest BCUT2D eigenvalue weighted by Crippen LogP contribution is 2.53. The third kappa shape index (κ3) is 15.6. The smallest absolute Gasteiger partial charge is 0.135 e. The van der Waals surface area contributed by atoms with Crippen molar-refractivity contribution in [1.29, 1.82) is 0 Å². The third-order valence-corrected chi connectivity index (χ3v) is 22.3. The lowest BCUT2D eigenvalue weighted by atomic mass is 9.93. The molecule has 554 valence electrons. The molecule has 6 nitrogen and oxygen atoms in total. The lowest BCUT2D eigenvalue weighted by Crippen LogP contribution is -2.11. The Bertz CT molecular complexity index is 6510. The zero-order valence-corrected chi connectivity index (χ0v) is 66.2. The first-order valence-electron chi connectivity index (χ1n) is 38.7. The number of hydrogen-bond acceptors (Lipinski definition) is 6. The van der Waals surface area contributed by atoms with Crippen LogP contribution in [0.5, 0.6) is 34.5 Å². The molecule has 3 N–H and O–H groups in total. The van der Waals surface area contributed by atoms with Gasteiger partial charge in [-0.1, -0.05) is 353 Å². The number of hydrogen-bond donors (Lipinski definition) is 2. The summed E-state index contributed by atoms with van der Waals surface area (Å²) in [7, 11) is 0.